The summed E-state index contributed by atoms with van der Waals surface area (Å²) in [7, 11) is 0. The van der Waals surface area contributed by atoms with Crippen LogP contribution in [0.1, 0.15) is 193 Å². The summed E-state index contributed by atoms with van der Waals surface area (Å²) >= 11 is 0. The van der Waals surface area contributed by atoms with Crippen LogP contribution in [0.2, 0.25) is 0 Å². The monoisotopic (exact) mass is 1230 g/mol. The molecule has 0 amide bonds. The van der Waals surface area contributed by atoms with Gasteiger partial charge in [-0.05, 0) is 252 Å². The fraction of sp³-hybridized carbons (Fsp3) is 0.395. The molecule has 93 heavy (non-hydrogen) atoms. The van der Waals surface area contributed by atoms with Crippen LogP contribution >= 0.6 is 0 Å². The number of ether oxygens (including phenoxy) is 2. The molecular formula is C81H85N9O3. The number of nitrogens with one attached hydrogen (secondary N) is 3. The van der Waals surface area contributed by atoms with E-state index < -0.39 is 0 Å². The minimum absolute atomic E-state index is 0.0304. The maximum atomic E-state index is 10.5. The van der Waals surface area contributed by atoms with Gasteiger partial charge in [-0.2, -0.15) is 15.8 Å². The maximum absolute atomic E-state index is 10.5. The molecule has 0 unspecified atom stereocenters. The van der Waals surface area contributed by atoms with Crippen molar-refractivity contribution < 1.29 is 14.6 Å². The molecule has 6 heterocycles. The Labute approximate surface area is 547 Å². The van der Waals surface area contributed by atoms with Crippen molar-refractivity contribution in [1.29, 1.82) is 15.8 Å². The summed E-state index contributed by atoms with van der Waals surface area (Å²) in [5.41, 5.74) is 21.5. The van der Waals surface area contributed by atoms with Gasteiger partial charge in [-0.25, -0.2) is 0 Å². The molecule has 4 N–H and O–H groups in total. The third-order valence-electron chi connectivity index (χ3n) is 21.8. The van der Waals surface area contributed by atoms with Gasteiger partial charge < -0.3 is 44.2 Å². The number of fused-ring (bicyclic) bond motifs is 6. The van der Waals surface area contributed by atoms with Gasteiger partial charge in [0.1, 0.15) is 11.5 Å². The molecule has 0 saturated heterocycles. The van der Waals surface area contributed by atoms with Crippen LogP contribution in [-0.4, -0.2) is 53.7 Å². The zero-order chi connectivity index (χ0) is 64.4. The van der Waals surface area contributed by atoms with Crippen LogP contribution < -0.4 is 25.4 Å². The molecule has 6 aliphatic rings. The second-order valence-electron chi connectivity index (χ2n) is 29.8. The Bertz CT molecular complexity index is 4730. The highest BCUT2D eigenvalue weighted by Gasteiger charge is 2.36. The lowest BCUT2D eigenvalue weighted by atomic mass is 9.85. The molecule has 15 rings (SSSR count). The zero-order valence-electron chi connectivity index (χ0n) is 55.4. The van der Waals surface area contributed by atoms with Gasteiger partial charge in [-0.15, -0.1) is 0 Å². The molecule has 0 radical (unpaired) electrons. The summed E-state index contributed by atoms with van der Waals surface area (Å²) in [6.07, 6.45) is 28.6. The van der Waals surface area contributed by atoms with Gasteiger partial charge in [-0.1, -0.05) is 42.5 Å². The van der Waals surface area contributed by atoms with E-state index in [4.69, 9.17) is 9.47 Å². The van der Waals surface area contributed by atoms with E-state index in [1.807, 2.05) is 13.8 Å². The molecule has 472 valence electrons. The van der Waals surface area contributed by atoms with Gasteiger partial charge >= 0.3 is 0 Å². The quantitative estimate of drug-likeness (QED) is 0.104. The van der Waals surface area contributed by atoms with Gasteiger partial charge in [0, 0.05) is 108 Å². The average molecular weight is 1230 g/mol. The standard InChI is InChI=1S/C81H85N9O3/c1-47-35-72-65(38-50(47)41-82)68(59-11-10-12-71-62(59)29-32-79(4,5)85-71)44-89(72)54-15-21-57(22-16-54)92-76-28-26-61(64-31-34-81(8,9)87-78(64)76)70-46-90(74-37-49(3)52(43-84)40-67(70)74)55-17-23-58(24-18-55)93-75-27-25-60(63-30-33-80(6,7)86-77(63)75)69-45-88(53-13-19-56(91)20-14-53)73-36-48(2)51(42-83)39-66(69)73/h10-12,25-29,31-32,34-40,44-46,53-58,85-87,91H,13-24,30,33H2,1-9H3/t53-,54-,55-,56-,57-,58+. The Hall–Kier alpha value is -9.15. The predicted octanol–water partition coefficient (Wildman–Crippen LogP) is 19.3. The van der Waals surface area contributed by atoms with Crippen LogP contribution in [0.15, 0.2) is 110 Å². The van der Waals surface area contributed by atoms with Gasteiger partial charge in [0.05, 0.1) is 75.7 Å². The molecule has 3 saturated carbocycles. The molecule has 9 aromatic rings. The second-order valence-corrected chi connectivity index (χ2v) is 29.8. The smallest absolute Gasteiger partial charge is 0.143 e. The number of rotatable bonds is 10. The first-order valence-corrected chi connectivity index (χ1v) is 34.1. The normalized spacial score (nSPS) is 22.5. The molecule has 0 spiro atoms. The van der Waals surface area contributed by atoms with Crippen molar-refractivity contribution in [3.05, 3.63) is 160 Å². The maximum Gasteiger partial charge on any atom is 0.143 e. The summed E-state index contributed by atoms with van der Waals surface area (Å²) in [6.45, 7) is 19.5. The van der Waals surface area contributed by atoms with E-state index in [0.717, 1.165) is 190 Å². The van der Waals surface area contributed by atoms with E-state index in [1.54, 1.807) is 0 Å². The number of hydrogen-bond donors (Lipinski definition) is 4. The van der Waals surface area contributed by atoms with E-state index >= 15 is 0 Å². The van der Waals surface area contributed by atoms with E-state index in [0.29, 0.717) is 16.7 Å². The highest BCUT2D eigenvalue weighted by Crippen LogP contribution is 2.51. The topological polar surface area (TPSA) is 161 Å². The lowest BCUT2D eigenvalue weighted by molar-refractivity contribution is 0.111. The number of hydrogen-bond acceptors (Lipinski definition) is 9. The van der Waals surface area contributed by atoms with Gasteiger partial charge in [0.15, 0.2) is 0 Å². The third-order valence-corrected chi connectivity index (χ3v) is 21.8. The fourth-order valence-corrected chi connectivity index (χ4v) is 16.6. The summed E-state index contributed by atoms with van der Waals surface area (Å²) in [5.74, 6) is 1.76. The van der Waals surface area contributed by atoms with Crippen molar-refractivity contribution in [3.8, 4) is 63.1 Å². The molecule has 3 aliphatic carbocycles. The van der Waals surface area contributed by atoms with Crippen LogP contribution in [0.25, 0.3) is 78.2 Å². The highest BCUT2D eigenvalue weighted by atomic mass is 16.5. The Kier molecular flexibility index (Phi) is 14.8. The first-order valence-electron chi connectivity index (χ1n) is 34.1. The number of aromatic nitrogens is 3. The van der Waals surface area contributed by atoms with Crippen LogP contribution in [0.5, 0.6) is 11.5 Å². The summed E-state index contributed by atoms with van der Waals surface area (Å²) in [4.78, 5) is 0. The predicted molar refractivity (Wildman–Crippen MR) is 377 cm³/mol. The molecular weight excluding hydrogens is 1150 g/mol. The van der Waals surface area contributed by atoms with E-state index in [2.05, 4.69) is 218 Å². The Morgan fingerprint density at radius 1 is 0.473 bits per heavy atom. The van der Waals surface area contributed by atoms with E-state index in [1.165, 1.54) is 27.8 Å². The number of benzene rings is 6. The lowest BCUT2D eigenvalue weighted by Gasteiger charge is -2.37. The van der Waals surface area contributed by atoms with Crippen LogP contribution in [0, 0.1) is 54.8 Å². The summed E-state index contributed by atoms with van der Waals surface area (Å²) in [5, 5.41) is 56.3. The lowest BCUT2D eigenvalue weighted by Crippen LogP contribution is -2.36. The van der Waals surface area contributed by atoms with Gasteiger partial charge in [0.2, 0.25) is 0 Å². The van der Waals surface area contributed by atoms with Crippen molar-refractivity contribution in [2.24, 2.45) is 0 Å². The average Bonchev–Trinajstić information content (AvgIpc) is 1.66. The number of aliphatic hydroxyl groups is 1. The molecule has 12 heteroatoms. The van der Waals surface area contributed by atoms with E-state index in [-0.39, 0.29) is 53.1 Å². The minimum Gasteiger partial charge on any atom is -0.488 e. The van der Waals surface area contributed by atoms with E-state index in [9.17, 15) is 20.9 Å². The summed E-state index contributed by atoms with van der Waals surface area (Å²) in [6, 6.07) is 36.6. The number of nitrogens with zero attached hydrogens (tertiary/aromatic N) is 6. The number of aryl methyl sites for hydroxylation is 3. The number of anilines is 3. The summed E-state index contributed by atoms with van der Waals surface area (Å²) < 4.78 is 21.8. The third kappa shape index (κ3) is 10.8. The molecule has 0 atom stereocenters. The Balaban J connectivity index is 0.694. The first kappa shape index (κ1) is 60.1. The van der Waals surface area contributed by atoms with Crippen LogP contribution in [-0.2, 0) is 6.42 Å². The molecule has 3 aromatic heterocycles. The Morgan fingerprint density at radius 2 is 0.903 bits per heavy atom. The SMILES string of the molecule is Cc1cc2c(cc1C#N)c(-c1cccc3c1C=CC(C)(C)N3)cn2[C@H]1CC[C@H](Oc2ccc(-c3cn([C@H]4CC[C@@H](Oc5ccc(-c6cn([C@H]7CC[C@H](O)CC7)c7cc(C)c(C#N)cc67)c6c5NC(C)(C)CC6)CC4)c4cc(C)c(C#N)cc34)c3c2NC(C)(C)C=C3)CC1. The number of aliphatic hydroxyl groups excluding tert-OH is 1. The largest absolute Gasteiger partial charge is 0.488 e. The molecule has 6 aromatic carbocycles. The van der Waals surface area contributed by atoms with Crippen LogP contribution in [0.3, 0.4) is 0 Å². The zero-order valence-corrected chi connectivity index (χ0v) is 55.4. The van der Waals surface area contributed by atoms with Crippen molar-refractivity contribution in [2.45, 2.75) is 205 Å². The van der Waals surface area contributed by atoms with Crippen molar-refractivity contribution in [1.82, 2.24) is 13.7 Å². The van der Waals surface area contributed by atoms with Crippen molar-refractivity contribution in [3.63, 3.8) is 0 Å². The van der Waals surface area contributed by atoms with Crippen LogP contribution in [0.4, 0.5) is 17.1 Å². The van der Waals surface area contributed by atoms with Gasteiger partial charge in [-0.3, -0.25) is 0 Å². The molecule has 3 aliphatic heterocycles. The highest BCUT2D eigenvalue weighted by molar-refractivity contribution is 6.04. The van der Waals surface area contributed by atoms with Crippen molar-refractivity contribution in [2.75, 3.05) is 16.0 Å². The molecule has 0 bridgehead atoms. The Morgan fingerprint density at radius 3 is 1.40 bits per heavy atom. The number of nitriles is 3. The molecule has 12 nitrogen and oxygen atoms in total. The molecule has 3 fully saturated rings. The van der Waals surface area contributed by atoms with Crippen molar-refractivity contribution >= 4 is 61.9 Å². The van der Waals surface area contributed by atoms with Gasteiger partial charge in [0.25, 0.3) is 0 Å². The second kappa shape index (κ2) is 22.9. The fourth-order valence-electron chi connectivity index (χ4n) is 16.6. The minimum atomic E-state index is -0.309. The first-order chi connectivity index (χ1) is 44.7.